The number of benzene rings is 2. The largest absolute Gasteiger partial charge is 0.422 e. The van der Waals surface area contributed by atoms with E-state index in [1.807, 2.05) is 38.1 Å². The molecule has 0 atom stereocenters. The van der Waals surface area contributed by atoms with Crippen LogP contribution in [0.2, 0.25) is 0 Å². The van der Waals surface area contributed by atoms with E-state index in [0.29, 0.717) is 17.3 Å². The molecule has 0 aliphatic heterocycles. The molecule has 1 saturated carbocycles. The number of hydrogen-bond acceptors (Lipinski definition) is 5. The highest BCUT2D eigenvalue weighted by Gasteiger charge is 2.31. The summed E-state index contributed by atoms with van der Waals surface area (Å²) < 4.78 is 7.66. The van der Waals surface area contributed by atoms with E-state index in [0.717, 1.165) is 38.7 Å². The van der Waals surface area contributed by atoms with Crippen LogP contribution < -0.4 is 5.63 Å². The molecular weight excluding hydrogens is 382 g/mol. The lowest BCUT2D eigenvalue weighted by molar-refractivity contribution is 0.557. The van der Waals surface area contributed by atoms with Gasteiger partial charge in [0.25, 0.3) is 0 Å². The summed E-state index contributed by atoms with van der Waals surface area (Å²) in [6.07, 6.45) is 2.33. The first kappa shape index (κ1) is 18.2. The van der Waals surface area contributed by atoms with E-state index in [4.69, 9.17) is 4.42 Å². The van der Waals surface area contributed by atoms with Gasteiger partial charge in [-0.05, 0) is 55.5 Å². The van der Waals surface area contributed by atoms with E-state index in [1.54, 1.807) is 17.8 Å². The molecule has 29 heavy (non-hydrogen) atoms. The second-order valence-electron chi connectivity index (χ2n) is 7.55. The van der Waals surface area contributed by atoms with Crippen molar-refractivity contribution in [1.29, 1.82) is 0 Å². The van der Waals surface area contributed by atoms with Crippen molar-refractivity contribution in [2.45, 2.75) is 43.5 Å². The Morgan fingerprint density at radius 3 is 2.66 bits per heavy atom. The van der Waals surface area contributed by atoms with E-state index in [2.05, 4.69) is 33.0 Å². The third-order valence-corrected chi connectivity index (χ3v) is 6.47. The van der Waals surface area contributed by atoms with Gasteiger partial charge in [0, 0.05) is 28.8 Å². The first-order chi connectivity index (χ1) is 14.1. The average molecular weight is 404 g/mol. The Hall–Kier alpha value is -2.86. The first-order valence-electron chi connectivity index (χ1n) is 9.78. The molecule has 1 fully saturated rings. The zero-order chi connectivity index (χ0) is 20.0. The summed E-state index contributed by atoms with van der Waals surface area (Å²) in [6, 6.07) is 15.9. The van der Waals surface area contributed by atoms with Crippen LogP contribution in [0.3, 0.4) is 0 Å². The molecule has 5 nitrogen and oxygen atoms in total. The Bertz CT molecular complexity index is 1260. The average Bonchev–Trinajstić information content (AvgIpc) is 3.49. The molecule has 2 aromatic carbocycles. The van der Waals surface area contributed by atoms with Gasteiger partial charge in [-0.15, -0.1) is 10.2 Å². The predicted molar refractivity (Wildman–Crippen MR) is 115 cm³/mol. The van der Waals surface area contributed by atoms with E-state index in [1.165, 1.54) is 12.8 Å². The fourth-order valence-electron chi connectivity index (χ4n) is 3.59. The molecule has 0 spiro atoms. The summed E-state index contributed by atoms with van der Waals surface area (Å²) >= 11 is 1.60. The lowest BCUT2D eigenvalue weighted by Gasteiger charge is -2.11. The topological polar surface area (TPSA) is 60.9 Å². The third kappa shape index (κ3) is 3.38. The monoisotopic (exact) mass is 403 g/mol. The van der Waals surface area contributed by atoms with Crippen LogP contribution in [-0.2, 0) is 5.75 Å². The van der Waals surface area contributed by atoms with Crippen molar-refractivity contribution < 1.29 is 4.42 Å². The van der Waals surface area contributed by atoms with Crippen molar-refractivity contribution in [3.63, 3.8) is 0 Å². The normalized spacial score (nSPS) is 13.9. The van der Waals surface area contributed by atoms with Crippen molar-refractivity contribution in [1.82, 2.24) is 14.8 Å². The summed E-state index contributed by atoms with van der Waals surface area (Å²) in [5.74, 6) is 2.15. The molecule has 0 unspecified atom stereocenters. The highest BCUT2D eigenvalue weighted by atomic mass is 32.2. The smallest absolute Gasteiger partial charge is 0.336 e. The minimum atomic E-state index is -0.315. The van der Waals surface area contributed by atoms with Crippen LogP contribution in [-0.4, -0.2) is 14.8 Å². The number of para-hydroxylation sites is 1. The SMILES string of the molecule is Cc1ccc2c(CSc3nnc(C4CC4)n3-c3ccccc3)cc(=O)oc2c1C. The number of thioether (sulfide) groups is 1. The minimum Gasteiger partial charge on any atom is -0.422 e. The van der Waals surface area contributed by atoms with Gasteiger partial charge in [-0.2, -0.15) is 0 Å². The van der Waals surface area contributed by atoms with Crippen molar-refractivity contribution in [3.8, 4) is 5.69 Å². The summed E-state index contributed by atoms with van der Waals surface area (Å²) in [5.41, 5.74) is 4.52. The van der Waals surface area contributed by atoms with Gasteiger partial charge in [0.2, 0.25) is 0 Å². The Morgan fingerprint density at radius 1 is 1.10 bits per heavy atom. The lowest BCUT2D eigenvalue weighted by atomic mass is 10.0. The van der Waals surface area contributed by atoms with E-state index in [9.17, 15) is 4.79 Å². The van der Waals surface area contributed by atoms with E-state index >= 15 is 0 Å². The van der Waals surface area contributed by atoms with Gasteiger partial charge in [0.05, 0.1) is 0 Å². The second-order valence-corrected chi connectivity index (χ2v) is 8.49. The Kier molecular flexibility index (Phi) is 4.51. The lowest BCUT2D eigenvalue weighted by Crippen LogP contribution is -2.03. The number of hydrogen-bond donors (Lipinski definition) is 0. The Labute approximate surface area is 172 Å². The fraction of sp³-hybridized carbons (Fsp3) is 0.261. The molecule has 0 amide bonds. The molecule has 5 rings (SSSR count). The van der Waals surface area contributed by atoms with Gasteiger partial charge in [-0.25, -0.2) is 4.79 Å². The maximum Gasteiger partial charge on any atom is 0.336 e. The minimum absolute atomic E-state index is 0.315. The van der Waals surface area contributed by atoms with Gasteiger partial charge >= 0.3 is 5.63 Å². The molecule has 4 aromatic rings. The quantitative estimate of drug-likeness (QED) is 0.340. The fourth-order valence-corrected chi connectivity index (χ4v) is 4.54. The zero-order valence-corrected chi connectivity index (χ0v) is 17.2. The maximum atomic E-state index is 12.2. The first-order valence-corrected chi connectivity index (χ1v) is 10.8. The Balaban J connectivity index is 1.53. The molecule has 146 valence electrons. The van der Waals surface area contributed by atoms with E-state index in [-0.39, 0.29) is 5.63 Å². The summed E-state index contributed by atoms with van der Waals surface area (Å²) in [5, 5.41) is 10.8. The Morgan fingerprint density at radius 2 is 1.90 bits per heavy atom. The van der Waals surface area contributed by atoms with Gasteiger partial charge in [0.1, 0.15) is 11.4 Å². The number of aryl methyl sites for hydroxylation is 2. The number of aromatic nitrogens is 3. The molecule has 0 saturated heterocycles. The van der Waals surface area contributed by atoms with Crippen LogP contribution in [0.15, 0.2) is 62.9 Å². The highest BCUT2D eigenvalue weighted by molar-refractivity contribution is 7.98. The predicted octanol–water partition coefficient (Wildman–Crippen LogP) is 5.16. The van der Waals surface area contributed by atoms with Crippen LogP contribution in [0.25, 0.3) is 16.7 Å². The molecule has 0 radical (unpaired) electrons. The summed E-state index contributed by atoms with van der Waals surface area (Å²) in [6.45, 7) is 4.02. The molecule has 6 heteroatoms. The highest BCUT2D eigenvalue weighted by Crippen LogP contribution is 2.41. The maximum absolute atomic E-state index is 12.2. The van der Waals surface area contributed by atoms with Crippen LogP contribution >= 0.6 is 11.8 Å². The zero-order valence-electron chi connectivity index (χ0n) is 16.4. The van der Waals surface area contributed by atoms with Crippen LogP contribution in [0.4, 0.5) is 0 Å². The van der Waals surface area contributed by atoms with Crippen LogP contribution in [0.5, 0.6) is 0 Å². The molecule has 2 heterocycles. The summed E-state index contributed by atoms with van der Waals surface area (Å²) in [7, 11) is 0. The van der Waals surface area contributed by atoms with Crippen LogP contribution in [0, 0.1) is 13.8 Å². The third-order valence-electron chi connectivity index (χ3n) is 5.49. The second kappa shape index (κ2) is 7.19. The van der Waals surface area contributed by atoms with Crippen molar-refractivity contribution in [2.24, 2.45) is 0 Å². The van der Waals surface area contributed by atoms with Crippen molar-refractivity contribution in [2.75, 3.05) is 0 Å². The number of fused-ring (bicyclic) bond motifs is 1. The molecule has 2 aromatic heterocycles. The number of rotatable bonds is 5. The van der Waals surface area contributed by atoms with Gasteiger partial charge in [0.15, 0.2) is 5.16 Å². The number of nitrogens with zero attached hydrogens (tertiary/aromatic N) is 3. The molecular formula is C23H21N3O2S. The van der Waals surface area contributed by atoms with Gasteiger partial charge < -0.3 is 4.42 Å². The van der Waals surface area contributed by atoms with Crippen molar-refractivity contribution in [3.05, 3.63) is 81.5 Å². The summed E-state index contributed by atoms with van der Waals surface area (Å²) in [4.78, 5) is 12.2. The molecule has 0 N–H and O–H groups in total. The molecule has 1 aliphatic rings. The van der Waals surface area contributed by atoms with Gasteiger partial charge in [-0.3, -0.25) is 4.57 Å². The van der Waals surface area contributed by atoms with E-state index < -0.39 is 0 Å². The van der Waals surface area contributed by atoms with Crippen LogP contribution in [0.1, 0.15) is 41.3 Å². The van der Waals surface area contributed by atoms with Gasteiger partial charge in [-0.1, -0.05) is 42.1 Å². The van der Waals surface area contributed by atoms with Crippen molar-refractivity contribution >= 4 is 22.7 Å². The standard InChI is InChI=1S/C23H21N3O2S/c1-14-8-11-19-17(12-20(27)28-21(19)15(14)2)13-29-23-25-24-22(16-9-10-16)26(23)18-6-4-3-5-7-18/h3-8,11-12,16H,9-10,13H2,1-2H3. The molecule has 1 aliphatic carbocycles. The molecule has 0 bridgehead atoms.